The molecule has 0 spiro atoms. The van der Waals surface area contributed by atoms with E-state index >= 15 is 0 Å². The van der Waals surface area contributed by atoms with Crippen molar-refractivity contribution < 1.29 is 4.42 Å². The number of benzene rings is 8. The molecule has 0 aliphatic heterocycles. The largest absolute Gasteiger partial charge is 0.456 e. The zero-order valence-electron chi connectivity index (χ0n) is 29.4. The summed E-state index contributed by atoms with van der Waals surface area (Å²) in [4.78, 5) is 10.6. The van der Waals surface area contributed by atoms with Crippen LogP contribution in [0.25, 0.3) is 114 Å². The minimum absolute atomic E-state index is 0.690. The van der Waals surface area contributed by atoms with E-state index in [1.807, 2.05) is 18.2 Å². The summed E-state index contributed by atoms with van der Waals surface area (Å²) in [5.74, 6) is 0.690. The first kappa shape index (κ1) is 30.4. The lowest BCUT2D eigenvalue weighted by molar-refractivity contribution is 0.668. The highest BCUT2D eigenvalue weighted by Crippen LogP contribution is 2.45. The van der Waals surface area contributed by atoms with Crippen LogP contribution in [0.5, 0.6) is 0 Å². The fourth-order valence-corrected chi connectivity index (χ4v) is 9.77. The normalized spacial score (nSPS) is 12.0. The van der Waals surface area contributed by atoms with Gasteiger partial charge < -0.3 is 8.98 Å². The Labute approximate surface area is 319 Å². The summed E-state index contributed by atoms with van der Waals surface area (Å²) < 4.78 is 11.4. The summed E-state index contributed by atoms with van der Waals surface area (Å²) in [6.45, 7) is 0. The van der Waals surface area contributed by atoms with E-state index in [0.29, 0.717) is 5.82 Å². The molecule has 0 aliphatic rings. The predicted molar refractivity (Wildman–Crippen MR) is 230 cm³/mol. The van der Waals surface area contributed by atoms with Crippen molar-refractivity contribution in [1.82, 2.24) is 14.5 Å². The van der Waals surface area contributed by atoms with Crippen molar-refractivity contribution in [2.45, 2.75) is 0 Å². The second-order valence-electron chi connectivity index (χ2n) is 14.1. The molecule has 4 heterocycles. The zero-order chi connectivity index (χ0) is 36.0. The van der Waals surface area contributed by atoms with E-state index in [-0.39, 0.29) is 0 Å². The molecule has 0 aliphatic carbocycles. The van der Waals surface area contributed by atoms with Gasteiger partial charge >= 0.3 is 0 Å². The van der Waals surface area contributed by atoms with Crippen LogP contribution in [-0.2, 0) is 0 Å². The highest BCUT2D eigenvalue weighted by Gasteiger charge is 2.22. The van der Waals surface area contributed by atoms with Gasteiger partial charge in [0.15, 0.2) is 5.82 Å². The van der Waals surface area contributed by atoms with Gasteiger partial charge in [-0.15, -0.1) is 11.3 Å². The van der Waals surface area contributed by atoms with E-state index in [9.17, 15) is 0 Å². The average molecular weight is 720 g/mol. The number of fused-ring (bicyclic) bond motifs is 10. The van der Waals surface area contributed by atoms with E-state index in [1.165, 1.54) is 37.4 Å². The van der Waals surface area contributed by atoms with Crippen LogP contribution < -0.4 is 0 Å². The van der Waals surface area contributed by atoms with Crippen molar-refractivity contribution in [3.8, 4) is 39.5 Å². The van der Waals surface area contributed by atoms with Gasteiger partial charge in [-0.2, -0.15) is 0 Å². The number of hydrogen-bond acceptors (Lipinski definition) is 4. The summed E-state index contributed by atoms with van der Waals surface area (Å²) in [5, 5.41) is 8.11. The first-order chi connectivity index (χ1) is 27.3. The molecule has 256 valence electrons. The van der Waals surface area contributed by atoms with Crippen LogP contribution in [0.4, 0.5) is 0 Å². The van der Waals surface area contributed by atoms with Crippen molar-refractivity contribution in [3.63, 3.8) is 0 Å². The van der Waals surface area contributed by atoms with Gasteiger partial charge in [-0.05, 0) is 58.3 Å². The van der Waals surface area contributed by atoms with Gasteiger partial charge in [0.05, 0.1) is 26.9 Å². The predicted octanol–water partition coefficient (Wildman–Crippen LogP) is 14.0. The van der Waals surface area contributed by atoms with Gasteiger partial charge in [-0.3, -0.25) is 0 Å². The molecule has 0 saturated heterocycles. The standard InChI is InChI=1S/C50H29N3OS/c1-3-14-30(15-4-1)44-34-19-8-7-18-32(34)28-40-46(44)35-20-9-11-23-39(35)53(40)33-26-27-36-42(29-33)54-41-24-13-22-38(45(36)41)50-51-47(31-16-5-2-6-17-31)49-48(52-50)37-21-10-12-25-43(37)55-49/h1-29H. The monoisotopic (exact) mass is 719 g/mol. The number of hydrogen-bond donors (Lipinski definition) is 0. The average Bonchev–Trinajstić information content (AvgIpc) is 3.92. The van der Waals surface area contributed by atoms with Crippen LogP contribution in [0.2, 0.25) is 0 Å². The van der Waals surface area contributed by atoms with Crippen LogP contribution in [0.15, 0.2) is 180 Å². The minimum Gasteiger partial charge on any atom is -0.456 e. The van der Waals surface area contributed by atoms with Gasteiger partial charge in [-0.1, -0.05) is 133 Å². The quantitative estimate of drug-likeness (QED) is 0.182. The summed E-state index contributed by atoms with van der Waals surface area (Å²) in [5.41, 5.74) is 11.4. The molecular formula is C50H29N3OS. The van der Waals surface area contributed by atoms with Crippen LogP contribution in [0, 0.1) is 0 Å². The Morgan fingerprint density at radius 2 is 1.22 bits per heavy atom. The van der Waals surface area contributed by atoms with E-state index in [4.69, 9.17) is 14.4 Å². The smallest absolute Gasteiger partial charge is 0.161 e. The molecule has 8 aromatic carbocycles. The van der Waals surface area contributed by atoms with E-state index in [2.05, 4.69) is 162 Å². The van der Waals surface area contributed by atoms with Crippen LogP contribution in [-0.4, -0.2) is 14.5 Å². The highest BCUT2D eigenvalue weighted by atomic mass is 32.1. The van der Waals surface area contributed by atoms with Crippen molar-refractivity contribution >= 4 is 86.2 Å². The van der Waals surface area contributed by atoms with Crippen LogP contribution in [0.1, 0.15) is 0 Å². The lowest BCUT2D eigenvalue weighted by Gasteiger charge is -2.12. The molecule has 0 bridgehead atoms. The second-order valence-corrected chi connectivity index (χ2v) is 15.1. The summed E-state index contributed by atoms with van der Waals surface area (Å²) >= 11 is 1.75. The molecule has 12 aromatic rings. The van der Waals surface area contributed by atoms with Gasteiger partial charge in [0.1, 0.15) is 11.2 Å². The van der Waals surface area contributed by atoms with E-state index in [0.717, 1.165) is 71.1 Å². The van der Waals surface area contributed by atoms with Crippen LogP contribution >= 0.6 is 11.3 Å². The molecule has 0 amide bonds. The van der Waals surface area contributed by atoms with E-state index in [1.54, 1.807) is 11.3 Å². The summed E-state index contributed by atoms with van der Waals surface area (Å²) in [6, 6.07) is 62.4. The summed E-state index contributed by atoms with van der Waals surface area (Å²) in [7, 11) is 0. The number of nitrogens with zero attached hydrogens (tertiary/aromatic N) is 3. The number of rotatable bonds is 4. The maximum absolute atomic E-state index is 6.73. The Kier molecular flexibility index (Phi) is 6.47. The third-order valence-corrected chi connectivity index (χ3v) is 12.2. The molecule has 4 nitrogen and oxygen atoms in total. The third-order valence-electron chi connectivity index (χ3n) is 11.0. The lowest BCUT2D eigenvalue weighted by atomic mass is 9.93. The van der Waals surface area contributed by atoms with Crippen molar-refractivity contribution in [3.05, 3.63) is 176 Å². The van der Waals surface area contributed by atoms with Gasteiger partial charge in [-0.25, -0.2) is 9.97 Å². The molecule has 0 fully saturated rings. The number of thiophene rings is 1. The second kappa shape index (κ2) is 11.7. The first-order valence-corrected chi connectivity index (χ1v) is 19.3. The SMILES string of the molecule is c1ccc(-c2nc(-c3cccc4oc5cc(-n6c7ccccc7c7c(-c8ccccc8)c8ccccc8cc76)ccc5c34)nc3c2sc2ccccc23)cc1. The molecule has 0 unspecified atom stereocenters. The fourth-order valence-electron chi connectivity index (χ4n) is 8.62. The van der Waals surface area contributed by atoms with Gasteiger partial charge in [0, 0.05) is 54.5 Å². The Balaban J connectivity index is 1.11. The van der Waals surface area contributed by atoms with Crippen LogP contribution in [0.3, 0.4) is 0 Å². The van der Waals surface area contributed by atoms with Gasteiger partial charge in [0.2, 0.25) is 0 Å². The fraction of sp³-hybridized carbons (Fsp3) is 0. The molecule has 0 radical (unpaired) electrons. The summed E-state index contributed by atoms with van der Waals surface area (Å²) in [6.07, 6.45) is 0. The first-order valence-electron chi connectivity index (χ1n) is 18.5. The molecule has 12 rings (SSSR count). The highest BCUT2D eigenvalue weighted by molar-refractivity contribution is 7.26. The topological polar surface area (TPSA) is 43.9 Å². The van der Waals surface area contributed by atoms with E-state index < -0.39 is 0 Å². The molecule has 0 saturated carbocycles. The van der Waals surface area contributed by atoms with Crippen molar-refractivity contribution in [1.29, 1.82) is 0 Å². The van der Waals surface area contributed by atoms with Crippen molar-refractivity contribution in [2.75, 3.05) is 0 Å². The maximum Gasteiger partial charge on any atom is 0.161 e. The number of para-hydroxylation sites is 1. The number of furan rings is 1. The molecule has 0 atom stereocenters. The Morgan fingerprint density at radius 1 is 0.491 bits per heavy atom. The minimum atomic E-state index is 0.690. The third kappa shape index (κ3) is 4.51. The molecule has 5 heteroatoms. The Morgan fingerprint density at radius 3 is 2.07 bits per heavy atom. The Bertz CT molecular complexity index is 3490. The maximum atomic E-state index is 6.73. The van der Waals surface area contributed by atoms with Crippen molar-refractivity contribution in [2.24, 2.45) is 0 Å². The number of aromatic nitrogens is 3. The van der Waals surface area contributed by atoms with Gasteiger partial charge in [0.25, 0.3) is 0 Å². The molecule has 4 aromatic heterocycles. The lowest BCUT2D eigenvalue weighted by Crippen LogP contribution is -1.95. The molecule has 0 N–H and O–H groups in total. The zero-order valence-corrected chi connectivity index (χ0v) is 30.2. The molecule has 55 heavy (non-hydrogen) atoms. The Hall–Kier alpha value is -7.08. The molecular weight excluding hydrogens is 691 g/mol.